The number of pyridine rings is 1. The van der Waals surface area contributed by atoms with Crippen molar-refractivity contribution < 1.29 is 43.9 Å². The number of alkyl halides is 5. The van der Waals surface area contributed by atoms with Gasteiger partial charge < -0.3 is 5.32 Å². The van der Waals surface area contributed by atoms with Crippen LogP contribution in [0.25, 0.3) is 28.1 Å². The van der Waals surface area contributed by atoms with Crippen LogP contribution in [0.15, 0.2) is 55.1 Å². The van der Waals surface area contributed by atoms with Crippen molar-refractivity contribution in [2.75, 3.05) is 11.0 Å². The summed E-state index contributed by atoms with van der Waals surface area (Å²) in [7, 11) is -2.17. The van der Waals surface area contributed by atoms with Gasteiger partial charge in [-0.2, -0.15) is 32.1 Å². The zero-order valence-electron chi connectivity index (χ0n) is 28.0. The largest absolute Gasteiger partial charge is 0.435 e. The van der Waals surface area contributed by atoms with E-state index in [1.807, 2.05) is 0 Å². The van der Waals surface area contributed by atoms with Gasteiger partial charge in [0.2, 0.25) is 15.9 Å². The molecule has 3 aromatic heterocycles. The summed E-state index contributed by atoms with van der Waals surface area (Å²) < 4.78 is 130. The fourth-order valence-corrected chi connectivity index (χ4v) is 7.92. The van der Waals surface area contributed by atoms with Gasteiger partial charge in [0, 0.05) is 41.1 Å². The van der Waals surface area contributed by atoms with Crippen molar-refractivity contribution in [3.05, 3.63) is 101 Å². The molecule has 1 saturated carbocycles. The predicted octanol–water partition coefficient (Wildman–Crippen LogP) is 6.84. The molecule has 1 amide bonds. The van der Waals surface area contributed by atoms with E-state index in [9.17, 15) is 35.2 Å². The van der Waals surface area contributed by atoms with E-state index in [0.29, 0.717) is 38.5 Å². The number of carbonyl (C=O) groups excluding carboxylic acids is 1. The minimum absolute atomic E-state index is 0.0193. The van der Waals surface area contributed by atoms with Gasteiger partial charge in [0.1, 0.15) is 23.9 Å². The molecule has 2 aromatic carbocycles. The first-order valence-corrected chi connectivity index (χ1v) is 18.1. The highest BCUT2D eigenvalue weighted by molar-refractivity contribution is 7.92. The molecule has 0 saturated heterocycles. The molecule has 3 atom stereocenters. The maximum absolute atomic E-state index is 15.5. The highest BCUT2D eigenvalue weighted by atomic mass is 32.2. The van der Waals surface area contributed by atoms with Gasteiger partial charge >= 0.3 is 6.18 Å². The lowest BCUT2D eigenvalue weighted by Gasteiger charge is -2.34. The minimum Gasteiger partial charge on any atom is -0.346 e. The molecule has 0 radical (unpaired) electrons. The number of nitrogens with one attached hydrogen (secondary N) is 2. The van der Waals surface area contributed by atoms with Gasteiger partial charge in [0.25, 0.3) is 5.92 Å². The Balaban J connectivity index is 1.34. The zero-order chi connectivity index (χ0) is 38.2. The third-order valence-electron chi connectivity index (χ3n) is 9.60. The van der Waals surface area contributed by atoms with Crippen LogP contribution >= 0.6 is 0 Å². The molecule has 2 N–H and O–H groups in total. The van der Waals surface area contributed by atoms with E-state index < -0.39 is 81.0 Å². The lowest BCUT2D eigenvalue weighted by Crippen LogP contribution is -2.36. The van der Waals surface area contributed by atoms with Crippen LogP contribution < -0.4 is 10.0 Å². The Kier molecular flexibility index (Phi) is 8.66. The number of aromatic nitrogens is 5. The molecule has 5 aromatic rings. The fraction of sp³-hybridized carbons (Fsp3) is 0.314. The van der Waals surface area contributed by atoms with Crippen LogP contribution in [0.3, 0.4) is 0 Å². The van der Waals surface area contributed by atoms with E-state index in [0.717, 1.165) is 18.4 Å². The number of hydrogen-bond acceptors (Lipinski definition) is 6. The van der Waals surface area contributed by atoms with E-state index in [1.54, 1.807) is 37.4 Å². The number of halogens is 7. The second kappa shape index (κ2) is 12.7. The summed E-state index contributed by atoms with van der Waals surface area (Å²) >= 11 is 0. The molecule has 2 aliphatic rings. The molecule has 3 heterocycles. The number of nitrogens with zero attached hydrogens (tertiary/aromatic N) is 5. The summed E-state index contributed by atoms with van der Waals surface area (Å²) in [4.78, 5) is 18.5. The molecule has 7 rings (SSSR count). The molecule has 3 unspecified atom stereocenters. The smallest absolute Gasteiger partial charge is 0.346 e. The number of hydrogen-bond donors (Lipinski definition) is 2. The summed E-state index contributed by atoms with van der Waals surface area (Å²) in [6.07, 6.45) is -2.86. The number of benzene rings is 2. The summed E-state index contributed by atoms with van der Waals surface area (Å²) in [5.74, 6) is -8.89. The maximum atomic E-state index is 15.5. The van der Waals surface area contributed by atoms with Crippen LogP contribution in [0.4, 0.5) is 36.6 Å². The van der Waals surface area contributed by atoms with Crippen LogP contribution in [-0.2, 0) is 46.9 Å². The van der Waals surface area contributed by atoms with E-state index >= 15 is 8.78 Å². The third-order valence-corrected chi connectivity index (χ3v) is 10.2. The Bertz CT molecular complexity index is 2400. The molecule has 18 heteroatoms. The second-order valence-corrected chi connectivity index (χ2v) is 15.0. The van der Waals surface area contributed by atoms with Crippen LogP contribution in [0, 0.1) is 17.6 Å². The summed E-state index contributed by atoms with van der Waals surface area (Å²) in [6, 6.07) is 9.57. The monoisotopic (exact) mass is 761 g/mol. The van der Waals surface area contributed by atoms with Crippen molar-refractivity contribution in [3.63, 3.8) is 0 Å². The quantitative estimate of drug-likeness (QED) is 0.150. The van der Waals surface area contributed by atoms with E-state index in [4.69, 9.17) is 0 Å². The molecular formula is C35H30F7N7O3S. The van der Waals surface area contributed by atoms with Crippen LogP contribution in [0.1, 0.15) is 58.7 Å². The Morgan fingerprint density at radius 3 is 2.42 bits per heavy atom. The van der Waals surface area contributed by atoms with Gasteiger partial charge in [-0.15, -0.1) is 0 Å². The SMILES string of the molecule is C=Cc1ccc(-c2cccc3c(NS(C)(=O)=O)nn(C)c23)c(C(Cc2cc(F)cc(F)c2)NC(=O)Cn2nc(C(F)(F)F)c3c2C(F)(F)C2CCC32)n1. The number of rotatable bonds is 10. The number of aryl methyl sites for hydroxylation is 1. The highest BCUT2D eigenvalue weighted by Crippen LogP contribution is 2.64. The number of anilines is 1. The molecular weight excluding hydrogens is 731 g/mol. The second-order valence-electron chi connectivity index (χ2n) is 13.2. The molecule has 10 nitrogen and oxygen atoms in total. The van der Waals surface area contributed by atoms with Gasteiger partial charge in [0.05, 0.1) is 29.2 Å². The lowest BCUT2D eigenvalue weighted by molar-refractivity contribution is -0.144. The average Bonchev–Trinajstić information content (AvgIpc) is 3.60. The van der Waals surface area contributed by atoms with Gasteiger partial charge in [-0.25, -0.2) is 17.2 Å². The summed E-state index contributed by atoms with van der Waals surface area (Å²) in [5, 5.41) is 10.8. The number of para-hydroxylation sites is 1. The zero-order valence-corrected chi connectivity index (χ0v) is 28.8. The van der Waals surface area contributed by atoms with Crippen LogP contribution in [-0.4, -0.2) is 45.1 Å². The third kappa shape index (κ3) is 6.53. The van der Waals surface area contributed by atoms with E-state index in [1.165, 1.54) is 10.8 Å². The van der Waals surface area contributed by atoms with Gasteiger partial charge in [-0.1, -0.05) is 24.8 Å². The fourth-order valence-electron chi connectivity index (χ4n) is 7.42. The number of fused-ring (bicyclic) bond motifs is 4. The lowest BCUT2D eigenvalue weighted by atomic mass is 9.73. The molecule has 0 spiro atoms. The molecule has 1 fully saturated rings. The molecule has 278 valence electrons. The first-order chi connectivity index (χ1) is 24.9. The average molecular weight is 762 g/mol. The Morgan fingerprint density at radius 2 is 1.79 bits per heavy atom. The first-order valence-electron chi connectivity index (χ1n) is 16.2. The van der Waals surface area contributed by atoms with E-state index in [2.05, 4.69) is 31.8 Å². The van der Waals surface area contributed by atoms with Gasteiger partial charge in [0.15, 0.2) is 11.5 Å². The molecule has 53 heavy (non-hydrogen) atoms. The molecule has 0 bridgehead atoms. The number of amides is 1. The van der Waals surface area contributed by atoms with Crippen molar-refractivity contribution in [2.24, 2.45) is 13.0 Å². The van der Waals surface area contributed by atoms with Crippen LogP contribution in [0.5, 0.6) is 0 Å². The van der Waals surface area contributed by atoms with Crippen molar-refractivity contribution in [1.29, 1.82) is 0 Å². The topological polar surface area (TPSA) is 124 Å². The number of sulfonamides is 1. The summed E-state index contributed by atoms with van der Waals surface area (Å²) in [5.41, 5.74) is -1.33. The van der Waals surface area contributed by atoms with Crippen molar-refractivity contribution in [1.82, 2.24) is 29.9 Å². The Morgan fingerprint density at radius 1 is 1.08 bits per heavy atom. The normalized spacial score (nSPS) is 18.3. The first kappa shape index (κ1) is 36.1. The van der Waals surface area contributed by atoms with Crippen LogP contribution in [0.2, 0.25) is 0 Å². The van der Waals surface area contributed by atoms with E-state index in [-0.39, 0.29) is 36.3 Å². The van der Waals surface area contributed by atoms with Crippen molar-refractivity contribution in [2.45, 2.75) is 49.9 Å². The Hall–Kier alpha value is -5.26. The van der Waals surface area contributed by atoms with Crippen molar-refractivity contribution in [3.8, 4) is 11.1 Å². The van der Waals surface area contributed by atoms with Gasteiger partial charge in [-0.3, -0.25) is 23.9 Å². The van der Waals surface area contributed by atoms with Gasteiger partial charge in [-0.05, 0) is 61.1 Å². The molecule has 0 aliphatic heterocycles. The minimum atomic E-state index is -5.05. The summed E-state index contributed by atoms with van der Waals surface area (Å²) in [6.45, 7) is 2.71. The highest BCUT2D eigenvalue weighted by Gasteiger charge is 2.63. The Labute approximate surface area is 297 Å². The number of carbonyl (C=O) groups is 1. The predicted molar refractivity (Wildman–Crippen MR) is 180 cm³/mol. The van der Waals surface area contributed by atoms with Crippen molar-refractivity contribution >= 4 is 38.7 Å². The maximum Gasteiger partial charge on any atom is 0.435 e. The molecule has 2 aliphatic carbocycles. The standard InChI is InChI=1S/C35H30F7N7O3S/c1-4-20-8-9-21(22-6-5-7-24-30(22)48(2)46-33(24)47-53(3,51)52)29(43-20)26(14-17-12-18(36)15-19(37)13-17)44-27(50)16-49-32-28(31(45-49)35(40,41)42)23-10-11-25(23)34(32,38)39/h4-9,12-13,15,23,25-26H,1,10-11,14,16H2,2-3H3,(H,44,50)(H,46,47).